The molecule has 4 heterocycles. The molecule has 53 heavy (non-hydrogen) atoms. The van der Waals surface area contributed by atoms with Crippen molar-refractivity contribution < 1.29 is 24.5 Å². The second-order valence-electron chi connectivity index (χ2n) is 16.3. The van der Waals surface area contributed by atoms with Gasteiger partial charge >= 0.3 is 0 Å². The van der Waals surface area contributed by atoms with Crippen LogP contribution in [0.2, 0.25) is 19.6 Å². The molecular formula is C47H49IrN3OSi-2. The Balaban J connectivity index is 0.000000183. The minimum Gasteiger partial charge on any atom is -0.486 e. The monoisotopic (exact) mass is 892 g/mol. The minimum atomic E-state index is -1.36. The summed E-state index contributed by atoms with van der Waals surface area (Å²) in [4.78, 5) is 14.1. The van der Waals surface area contributed by atoms with Gasteiger partial charge in [0.2, 0.25) is 5.71 Å². The Hall–Kier alpha value is -4.22. The van der Waals surface area contributed by atoms with Gasteiger partial charge in [0.05, 0.1) is 19.4 Å². The average Bonchev–Trinajstić information content (AvgIpc) is 3.54. The number of benzene rings is 3. The van der Waals surface area contributed by atoms with Gasteiger partial charge in [0.15, 0.2) is 0 Å². The SMILES string of the molecule is CC(C)(C)c1ccnc(-c2[c-]ccc3c2oc2nc(-c4ccccc4)ccc23)c1.C[Si](C)(C)c1cnc(-c2[c-]cccc2)cc1CC1CCCCC1.[Ir]. The van der Waals surface area contributed by atoms with Crippen LogP contribution in [0.4, 0.5) is 0 Å². The van der Waals surface area contributed by atoms with Crippen molar-refractivity contribution in [3.8, 4) is 33.8 Å². The summed E-state index contributed by atoms with van der Waals surface area (Å²) in [6.45, 7) is 13.9. The molecule has 1 aliphatic rings. The maximum Gasteiger partial charge on any atom is 0.216 e. The van der Waals surface area contributed by atoms with Gasteiger partial charge < -0.3 is 14.4 Å². The fourth-order valence-corrected chi connectivity index (χ4v) is 8.95. The van der Waals surface area contributed by atoms with Crippen molar-refractivity contribution in [2.75, 3.05) is 0 Å². The van der Waals surface area contributed by atoms with E-state index in [1.54, 1.807) is 10.8 Å². The molecule has 0 unspecified atom stereocenters. The van der Waals surface area contributed by atoms with Crippen molar-refractivity contribution in [1.82, 2.24) is 15.0 Å². The molecule has 1 saturated carbocycles. The van der Waals surface area contributed by atoms with Crippen molar-refractivity contribution in [2.45, 2.75) is 84.4 Å². The summed E-state index contributed by atoms with van der Waals surface area (Å²) in [5.41, 5.74) is 10.1. The molecule has 7 aromatic rings. The summed E-state index contributed by atoms with van der Waals surface area (Å²) >= 11 is 0. The van der Waals surface area contributed by atoms with Crippen LogP contribution in [-0.2, 0) is 31.9 Å². The molecule has 6 heteroatoms. The van der Waals surface area contributed by atoms with E-state index in [0.717, 1.165) is 56.0 Å². The molecule has 1 aliphatic carbocycles. The number of furan rings is 1. The van der Waals surface area contributed by atoms with Crippen LogP contribution in [0.3, 0.4) is 0 Å². The van der Waals surface area contributed by atoms with Crippen molar-refractivity contribution >= 4 is 35.3 Å². The second kappa shape index (κ2) is 16.4. The number of hydrogen-bond donors (Lipinski definition) is 0. The maximum atomic E-state index is 6.24. The largest absolute Gasteiger partial charge is 0.486 e. The summed E-state index contributed by atoms with van der Waals surface area (Å²) in [6, 6.07) is 39.6. The molecule has 1 radical (unpaired) electrons. The first kappa shape index (κ1) is 38.5. The van der Waals surface area contributed by atoms with Crippen LogP contribution in [0.15, 0.2) is 114 Å². The Morgan fingerprint density at radius 1 is 0.755 bits per heavy atom. The number of fused-ring (bicyclic) bond motifs is 3. The topological polar surface area (TPSA) is 51.8 Å². The number of rotatable bonds is 6. The van der Waals surface area contributed by atoms with E-state index in [9.17, 15) is 0 Å². The summed E-state index contributed by atoms with van der Waals surface area (Å²) in [5, 5.41) is 3.58. The van der Waals surface area contributed by atoms with Crippen LogP contribution >= 0.6 is 0 Å². The van der Waals surface area contributed by atoms with Crippen LogP contribution < -0.4 is 5.19 Å². The van der Waals surface area contributed by atoms with Gasteiger partial charge in [0.1, 0.15) is 0 Å². The average molecular weight is 892 g/mol. The second-order valence-corrected chi connectivity index (χ2v) is 21.3. The van der Waals surface area contributed by atoms with Gasteiger partial charge in [-0.05, 0) is 58.1 Å². The van der Waals surface area contributed by atoms with Crippen LogP contribution in [0.1, 0.15) is 64.0 Å². The Morgan fingerprint density at radius 3 is 2.25 bits per heavy atom. The Kier molecular flexibility index (Phi) is 11.9. The third-order valence-electron chi connectivity index (χ3n) is 10.3. The van der Waals surface area contributed by atoms with Crippen molar-refractivity contribution in [1.29, 1.82) is 0 Å². The maximum absolute atomic E-state index is 6.24. The predicted molar refractivity (Wildman–Crippen MR) is 219 cm³/mol. The van der Waals surface area contributed by atoms with Crippen LogP contribution in [0.25, 0.3) is 55.8 Å². The van der Waals surface area contributed by atoms with Crippen LogP contribution in [-0.4, -0.2) is 23.0 Å². The summed E-state index contributed by atoms with van der Waals surface area (Å²) in [6.07, 6.45) is 12.3. The first-order chi connectivity index (χ1) is 25.0. The first-order valence-electron chi connectivity index (χ1n) is 18.8. The fraction of sp³-hybridized carbons (Fsp3) is 0.298. The minimum absolute atomic E-state index is 0. The molecule has 0 saturated heterocycles. The third kappa shape index (κ3) is 8.95. The van der Waals surface area contributed by atoms with Crippen molar-refractivity contribution in [3.05, 3.63) is 133 Å². The molecule has 1 fully saturated rings. The van der Waals surface area contributed by atoms with Gasteiger partial charge in [0.25, 0.3) is 0 Å². The van der Waals surface area contributed by atoms with E-state index in [1.807, 2.05) is 54.7 Å². The fourth-order valence-electron chi connectivity index (χ4n) is 7.36. The zero-order valence-corrected chi connectivity index (χ0v) is 35.2. The van der Waals surface area contributed by atoms with E-state index in [4.69, 9.17) is 14.4 Å². The van der Waals surface area contributed by atoms with Crippen molar-refractivity contribution in [2.24, 2.45) is 5.92 Å². The van der Waals surface area contributed by atoms with Gasteiger partial charge in [-0.25, -0.2) is 4.98 Å². The molecule has 0 N–H and O–H groups in total. The van der Waals surface area contributed by atoms with Gasteiger partial charge in [-0.3, -0.25) is 0 Å². The Morgan fingerprint density at radius 2 is 1.53 bits per heavy atom. The van der Waals surface area contributed by atoms with E-state index in [2.05, 4.69) is 112 Å². The summed E-state index contributed by atoms with van der Waals surface area (Å²) in [7, 11) is -1.36. The standard InChI is InChI=1S/C26H21N2O.C21H28NSi.Ir/c1-26(2,3)18-14-15-27-23(16-18)21-11-7-10-19-20-12-13-22(17-8-5-4-6-9-17)28-25(20)29-24(19)21;1-23(2,3)21-16-22-20(18-12-8-5-9-13-18)15-19(21)14-17-10-6-4-7-11-17;/h4-10,12-16H,1-3H3;5,8-9,12,15-17H,4,6-7,10-11,14H2,1-3H3;/q2*-1;. The number of aromatic nitrogens is 3. The zero-order chi connectivity index (χ0) is 36.3. The molecule has 3 aromatic carbocycles. The van der Waals surface area contributed by atoms with E-state index >= 15 is 0 Å². The zero-order valence-electron chi connectivity index (χ0n) is 31.8. The number of hydrogen-bond acceptors (Lipinski definition) is 4. The smallest absolute Gasteiger partial charge is 0.216 e. The molecule has 0 aliphatic heterocycles. The molecule has 4 aromatic heterocycles. The normalized spacial score (nSPS) is 13.7. The van der Waals surface area contributed by atoms with E-state index < -0.39 is 8.07 Å². The molecular weight excluding hydrogens is 843 g/mol. The van der Waals surface area contributed by atoms with Gasteiger partial charge in [-0.1, -0.05) is 131 Å². The van der Waals surface area contributed by atoms with Crippen molar-refractivity contribution in [3.63, 3.8) is 0 Å². The molecule has 4 nitrogen and oxygen atoms in total. The molecule has 0 amide bonds. The molecule has 0 atom stereocenters. The quantitative estimate of drug-likeness (QED) is 0.123. The van der Waals surface area contributed by atoms with Gasteiger partial charge in [-0.15, -0.1) is 54.1 Å². The first-order valence-corrected chi connectivity index (χ1v) is 22.3. The Bertz CT molecular complexity index is 2280. The van der Waals surface area contributed by atoms with Crippen LogP contribution in [0, 0.1) is 18.1 Å². The van der Waals surface area contributed by atoms with Gasteiger partial charge in [-0.2, -0.15) is 0 Å². The Labute approximate surface area is 329 Å². The third-order valence-corrected chi connectivity index (χ3v) is 12.3. The molecule has 0 spiro atoms. The number of pyridine rings is 3. The molecule has 273 valence electrons. The van der Waals surface area contributed by atoms with E-state index in [1.165, 1.54) is 44.1 Å². The van der Waals surface area contributed by atoms with Gasteiger partial charge in [0, 0.05) is 43.4 Å². The summed E-state index contributed by atoms with van der Waals surface area (Å²) < 4.78 is 6.24. The molecule has 0 bridgehead atoms. The predicted octanol–water partition coefficient (Wildman–Crippen LogP) is 12.0. The number of nitrogens with zero attached hydrogens (tertiary/aromatic N) is 3. The van der Waals surface area contributed by atoms with Crippen LogP contribution in [0.5, 0.6) is 0 Å². The summed E-state index contributed by atoms with van der Waals surface area (Å²) in [5.74, 6) is 0.869. The van der Waals surface area contributed by atoms with E-state index in [0.29, 0.717) is 5.71 Å². The van der Waals surface area contributed by atoms with E-state index in [-0.39, 0.29) is 25.5 Å². The molecule has 8 rings (SSSR count).